The van der Waals surface area contributed by atoms with Gasteiger partial charge in [-0.1, -0.05) is 72.8 Å². The van der Waals surface area contributed by atoms with Crippen molar-refractivity contribution in [3.05, 3.63) is 130 Å². The molecule has 0 unspecified atom stereocenters. The Labute approximate surface area is 226 Å². The van der Waals surface area contributed by atoms with E-state index >= 15 is 0 Å². The molecule has 39 heavy (non-hydrogen) atoms. The summed E-state index contributed by atoms with van der Waals surface area (Å²) in [6.45, 7) is 0.146. The number of aryl methyl sites for hydroxylation is 1. The fraction of sp³-hybridized carbons (Fsp3) is 0.233. The van der Waals surface area contributed by atoms with Crippen molar-refractivity contribution >= 4 is 17.8 Å². The predicted molar refractivity (Wildman–Crippen MR) is 144 cm³/mol. The molecule has 0 saturated carbocycles. The van der Waals surface area contributed by atoms with E-state index in [0.29, 0.717) is 18.4 Å². The summed E-state index contributed by atoms with van der Waals surface area (Å²) in [4.78, 5) is 48.0. The molecule has 0 saturated heterocycles. The van der Waals surface area contributed by atoms with Crippen molar-refractivity contribution in [3.63, 3.8) is 0 Å². The summed E-state index contributed by atoms with van der Waals surface area (Å²) in [7, 11) is 0. The Balaban J connectivity index is 1.58. The zero-order chi connectivity index (χ0) is 27.9. The first-order valence-corrected chi connectivity index (χ1v) is 12.5. The van der Waals surface area contributed by atoms with E-state index in [4.69, 9.17) is 9.47 Å². The van der Waals surface area contributed by atoms with Crippen molar-refractivity contribution in [3.8, 4) is 0 Å². The highest BCUT2D eigenvalue weighted by Crippen LogP contribution is 2.11. The normalized spacial score (nSPS) is 11.5. The second kappa shape index (κ2) is 15.5. The van der Waals surface area contributed by atoms with Crippen LogP contribution in [-0.4, -0.2) is 28.8 Å². The number of carbonyl (C=O) groups excluding carboxylic acids is 3. The van der Waals surface area contributed by atoms with Crippen LogP contribution in [0.15, 0.2) is 97.2 Å². The van der Waals surface area contributed by atoms with Crippen LogP contribution in [0.25, 0.3) is 0 Å². The summed E-state index contributed by atoms with van der Waals surface area (Å²) < 4.78 is 10.7. The minimum atomic E-state index is -1.06. The predicted octanol–water partition coefficient (Wildman–Crippen LogP) is 4.78. The maximum Gasteiger partial charge on any atom is 0.328 e. The highest BCUT2D eigenvalue weighted by atomic mass is 16.6. The standard InChI is InChI=1S/C30H30N2O7/c33-28(38-21-24-10-3-1-4-11-24)19-18-27(30(35)39-22-25-12-5-2-6-13-25)31-29(34)26-16-14-23(15-17-26)9-7-8-20-32(36)37/h1-6,8,10-17,20,27H,7,9,18-19,21-22H2,(H,31,34)/t27-/m0/s1. The number of allylic oxidation sites excluding steroid dienone is 1. The summed E-state index contributed by atoms with van der Waals surface area (Å²) >= 11 is 0. The molecule has 202 valence electrons. The third kappa shape index (κ3) is 10.6. The van der Waals surface area contributed by atoms with Gasteiger partial charge in [0.1, 0.15) is 19.3 Å². The number of esters is 2. The third-order valence-electron chi connectivity index (χ3n) is 5.74. The van der Waals surface area contributed by atoms with Crippen molar-refractivity contribution in [2.75, 3.05) is 0 Å². The van der Waals surface area contributed by atoms with Gasteiger partial charge in [-0.2, -0.15) is 0 Å². The van der Waals surface area contributed by atoms with Crippen LogP contribution in [-0.2, 0) is 38.7 Å². The van der Waals surface area contributed by atoms with Crippen LogP contribution in [0.4, 0.5) is 0 Å². The second-order valence-corrected chi connectivity index (χ2v) is 8.71. The van der Waals surface area contributed by atoms with Crippen molar-refractivity contribution in [1.29, 1.82) is 0 Å². The number of hydrogen-bond donors (Lipinski definition) is 1. The Morgan fingerprint density at radius 2 is 1.41 bits per heavy atom. The third-order valence-corrected chi connectivity index (χ3v) is 5.74. The van der Waals surface area contributed by atoms with Gasteiger partial charge in [0, 0.05) is 12.0 Å². The summed E-state index contributed by atoms with van der Waals surface area (Å²) in [5.41, 5.74) is 2.86. The Morgan fingerprint density at radius 1 is 0.821 bits per heavy atom. The molecule has 0 aromatic heterocycles. The zero-order valence-electron chi connectivity index (χ0n) is 21.4. The molecule has 3 aromatic rings. The topological polar surface area (TPSA) is 125 Å². The van der Waals surface area contributed by atoms with Gasteiger partial charge in [-0.3, -0.25) is 19.7 Å². The minimum absolute atomic E-state index is 0.00779. The van der Waals surface area contributed by atoms with Crippen molar-refractivity contribution in [1.82, 2.24) is 5.32 Å². The van der Waals surface area contributed by atoms with Crippen LogP contribution < -0.4 is 5.32 Å². The molecule has 0 heterocycles. The quantitative estimate of drug-likeness (QED) is 0.181. The van der Waals surface area contributed by atoms with Gasteiger partial charge in [-0.15, -0.1) is 0 Å². The van der Waals surface area contributed by atoms with Crippen molar-refractivity contribution < 1.29 is 28.8 Å². The highest BCUT2D eigenvalue weighted by Gasteiger charge is 2.24. The SMILES string of the molecule is O=C(CC[C@H](NC(=O)c1ccc(CCC=C[N+](=O)[O-])cc1)C(=O)OCc1ccccc1)OCc1ccccc1. The molecule has 3 rings (SSSR count). The molecule has 0 aliphatic heterocycles. The monoisotopic (exact) mass is 530 g/mol. The molecule has 1 atom stereocenters. The van der Waals surface area contributed by atoms with Crippen LogP contribution in [0.3, 0.4) is 0 Å². The molecule has 0 aliphatic rings. The van der Waals surface area contributed by atoms with Gasteiger partial charge >= 0.3 is 11.9 Å². The Kier molecular flexibility index (Phi) is 11.4. The van der Waals surface area contributed by atoms with E-state index in [1.807, 2.05) is 60.7 Å². The van der Waals surface area contributed by atoms with Gasteiger partial charge in [0.05, 0.1) is 4.92 Å². The molecule has 0 bridgehead atoms. The average molecular weight is 531 g/mol. The largest absolute Gasteiger partial charge is 0.461 e. The first-order chi connectivity index (χ1) is 18.9. The van der Waals surface area contributed by atoms with E-state index in [1.165, 1.54) is 6.08 Å². The van der Waals surface area contributed by atoms with E-state index in [9.17, 15) is 24.5 Å². The lowest BCUT2D eigenvalue weighted by atomic mass is 10.1. The molecule has 3 aromatic carbocycles. The number of nitrogens with one attached hydrogen (secondary N) is 1. The lowest BCUT2D eigenvalue weighted by Crippen LogP contribution is -2.42. The van der Waals surface area contributed by atoms with Gasteiger partial charge in [-0.05, 0) is 54.2 Å². The van der Waals surface area contributed by atoms with E-state index < -0.39 is 28.8 Å². The van der Waals surface area contributed by atoms with E-state index in [-0.39, 0.29) is 26.1 Å². The molecule has 1 amide bonds. The summed E-state index contributed by atoms with van der Waals surface area (Å²) in [6, 6.07) is 24.0. The molecular formula is C30H30N2O7. The lowest BCUT2D eigenvalue weighted by molar-refractivity contribution is -0.402. The number of amides is 1. The smallest absolute Gasteiger partial charge is 0.328 e. The molecule has 1 N–H and O–H groups in total. The number of benzene rings is 3. The fourth-order valence-electron chi connectivity index (χ4n) is 3.63. The first kappa shape index (κ1) is 28.8. The number of hydrogen-bond acceptors (Lipinski definition) is 7. The molecule has 0 spiro atoms. The molecule has 0 fully saturated rings. The molecule has 0 aliphatic carbocycles. The van der Waals surface area contributed by atoms with E-state index in [1.54, 1.807) is 24.3 Å². The van der Waals surface area contributed by atoms with Crippen molar-refractivity contribution in [2.24, 2.45) is 0 Å². The average Bonchev–Trinajstić information content (AvgIpc) is 2.96. The first-order valence-electron chi connectivity index (χ1n) is 12.5. The molecule has 9 heteroatoms. The molecule has 0 radical (unpaired) electrons. The van der Waals surface area contributed by atoms with Gasteiger partial charge in [0.2, 0.25) is 6.20 Å². The Morgan fingerprint density at radius 3 is 2.00 bits per heavy atom. The van der Waals surface area contributed by atoms with Crippen molar-refractivity contribution in [2.45, 2.75) is 44.9 Å². The van der Waals surface area contributed by atoms with Crippen LogP contribution in [0.2, 0.25) is 0 Å². The van der Waals surface area contributed by atoms with Gasteiger partial charge in [0.25, 0.3) is 5.91 Å². The zero-order valence-corrected chi connectivity index (χ0v) is 21.4. The van der Waals surface area contributed by atoms with E-state index in [0.717, 1.165) is 22.9 Å². The summed E-state index contributed by atoms with van der Waals surface area (Å²) in [5.74, 6) is -1.64. The Hall–Kier alpha value is -4.79. The summed E-state index contributed by atoms with van der Waals surface area (Å²) in [5, 5.41) is 13.0. The highest BCUT2D eigenvalue weighted by molar-refractivity contribution is 5.96. The maximum atomic E-state index is 12.9. The number of nitro groups is 1. The summed E-state index contributed by atoms with van der Waals surface area (Å²) in [6.07, 6.45) is 3.35. The molecular weight excluding hydrogens is 500 g/mol. The van der Waals surface area contributed by atoms with Gasteiger partial charge < -0.3 is 14.8 Å². The van der Waals surface area contributed by atoms with Crippen LogP contribution in [0.5, 0.6) is 0 Å². The lowest BCUT2D eigenvalue weighted by Gasteiger charge is -2.18. The maximum absolute atomic E-state index is 12.9. The number of rotatable bonds is 14. The second-order valence-electron chi connectivity index (χ2n) is 8.71. The van der Waals surface area contributed by atoms with Gasteiger partial charge in [-0.25, -0.2) is 4.79 Å². The van der Waals surface area contributed by atoms with Gasteiger partial charge in [0.15, 0.2) is 0 Å². The number of carbonyl (C=O) groups is 3. The minimum Gasteiger partial charge on any atom is -0.461 e. The van der Waals surface area contributed by atoms with Crippen LogP contribution in [0.1, 0.15) is 46.3 Å². The van der Waals surface area contributed by atoms with E-state index in [2.05, 4.69) is 5.32 Å². The number of ether oxygens (including phenoxy) is 2. The fourth-order valence-corrected chi connectivity index (χ4v) is 3.63. The van der Waals surface area contributed by atoms with Crippen LogP contribution >= 0.6 is 0 Å². The number of nitrogens with zero attached hydrogens (tertiary/aromatic N) is 1. The van der Waals surface area contributed by atoms with Crippen LogP contribution in [0, 0.1) is 10.1 Å². The molecule has 9 nitrogen and oxygen atoms in total. The Bertz CT molecular complexity index is 1260.